The lowest BCUT2D eigenvalue weighted by Gasteiger charge is -2.07. The Morgan fingerprint density at radius 3 is 2.42 bits per heavy atom. The lowest BCUT2D eigenvalue weighted by Crippen LogP contribution is -2.10. The highest BCUT2D eigenvalue weighted by Gasteiger charge is 2.03. The smallest absolute Gasteiger partial charge is 0.248 e. The SMILES string of the molecule is N#Cc1cc(F)cc(Nc2ccc(C(N)=O)cc2)c1. The number of amides is 1. The number of nitrogens with zero attached hydrogens (tertiary/aromatic N) is 1. The van der Waals surface area contributed by atoms with Crippen molar-refractivity contribution >= 4 is 17.3 Å². The van der Waals surface area contributed by atoms with Crippen molar-refractivity contribution in [3.63, 3.8) is 0 Å². The Hall–Kier alpha value is -2.87. The quantitative estimate of drug-likeness (QED) is 0.884. The van der Waals surface area contributed by atoms with Gasteiger partial charge in [0.2, 0.25) is 5.91 Å². The van der Waals surface area contributed by atoms with Gasteiger partial charge in [-0.2, -0.15) is 5.26 Å². The largest absolute Gasteiger partial charge is 0.366 e. The standard InChI is InChI=1S/C14H10FN3O/c15-11-5-9(8-16)6-13(7-11)18-12-3-1-10(2-4-12)14(17)19/h1-7,18H,(H2,17,19). The van der Waals surface area contributed by atoms with Crippen molar-refractivity contribution in [3.8, 4) is 6.07 Å². The first-order valence-corrected chi connectivity index (χ1v) is 5.46. The van der Waals surface area contributed by atoms with Gasteiger partial charge >= 0.3 is 0 Å². The second kappa shape index (κ2) is 5.19. The van der Waals surface area contributed by atoms with E-state index in [-0.39, 0.29) is 5.56 Å². The van der Waals surface area contributed by atoms with Crippen LogP contribution in [0.1, 0.15) is 15.9 Å². The van der Waals surface area contributed by atoms with Gasteiger partial charge < -0.3 is 11.1 Å². The van der Waals surface area contributed by atoms with E-state index >= 15 is 0 Å². The predicted octanol–water partition coefficient (Wildman–Crippen LogP) is 2.54. The second-order valence-electron chi connectivity index (χ2n) is 3.91. The van der Waals surface area contributed by atoms with Crippen LogP contribution in [0.2, 0.25) is 0 Å². The van der Waals surface area contributed by atoms with Gasteiger partial charge in [-0.3, -0.25) is 4.79 Å². The molecule has 4 nitrogen and oxygen atoms in total. The molecule has 0 heterocycles. The Morgan fingerprint density at radius 1 is 1.16 bits per heavy atom. The number of nitrogens with two attached hydrogens (primary N) is 1. The molecule has 2 rings (SSSR count). The normalized spacial score (nSPS) is 9.68. The van der Waals surface area contributed by atoms with Gasteiger partial charge in [-0.1, -0.05) is 0 Å². The van der Waals surface area contributed by atoms with Crippen LogP contribution in [-0.2, 0) is 0 Å². The van der Waals surface area contributed by atoms with Crippen molar-refractivity contribution in [3.05, 3.63) is 59.4 Å². The van der Waals surface area contributed by atoms with Crippen molar-refractivity contribution in [2.45, 2.75) is 0 Å². The molecule has 0 spiro atoms. The lowest BCUT2D eigenvalue weighted by atomic mass is 10.1. The molecule has 0 saturated heterocycles. The molecule has 0 radical (unpaired) electrons. The Kier molecular flexibility index (Phi) is 3.44. The number of hydrogen-bond donors (Lipinski definition) is 2. The molecule has 0 bridgehead atoms. The van der Waals surface area contributed by atoms with Crippen molar-refractivity contribution in [1.29, 1.82) is 5.26 Å². The minimum Gasteiger partial charge on any atom is -0.366 e. The molecule has 3 N–H and O–H groups in total. The molecular weight excluding hydrogens is 245 g/mol. The number of primary amides is 1. The number of nitrogens with one attached hydrogen (secondary N) is 1. The Morgan fingerprint density at radius 2 is 1.84 bits per heavy atom. The zero-order chi connectivity index (χ0) is 13.8. The Balaban J connectivity index is 2.24. The van der Waals surface area contributed by atoms with Crippen molar-refractivity contribution in [2.24, 2.45) is 5.73 Å². The summed E-state index contributed by atoms with van der Waals surface area (Å²) in [5, 5.41) is 11.7. The maximum absolute atomic E-state index is 13.2. The van der Waals surface area contributed by atoms with Crippen LogP contribution >= 0.6 is 0 Å². The fraction of sp³-hybridized carbons (Fsp3) is 0. The van der Waals surface area contributed by atoms with E-state index in [0.29, 0.717) is 16.9 Å². The zero-order valence-corrected chi connectivity index (χ0v) is 9.85. The van der Waals surface area contributed by atoms with Crippen LogP contribution in [0.5, 0.6) is 0 Å². The summed E-state index contributed by atoms with van der Waals surface area (Å²) in [6, 6.07) is 12.3. The fourth-order valence-corrected chi connectivity index (χ4v) is 1.61. The molecule has 5 heteroatoms. The van der Waals surface area contributed by atoms with E-state index in [1.54, 1.807) is 24.3 Å². The average Bonchev–Trinajstić information content (AvgIpc) is 2.38. The van der Waals surface area contributed by atoms with Gasteiger partial charge in [0.25, 0.3) is 0 Å². The summed E-state index contributed by atoms with van der Waals surface area (Å²) in [5.74, 6) is -1.00. The van der Waals surface area contributed by atoms with E-state index in [0.717, 1.165) is 6.07 Å². The molecule has 2 aromatic carbocycles. The summed E-state index contributed by atoms with van der Waals surface area (Å²) in [5.41, 5.74) is 6.88. The first-order valence-electron chi connectivity index (χ1n) is 5.46. The van der Waals surface area contributed by atoms with Crippen LogP contribution in [0.4, 0.5) is 15.8 Å². The van der Waals surface area contributed by atoms with E-state index in [2.05, 4.69) is 5.32 Å². The fourth-order valence-electron chi connectivity index (χ4n) is 1.61. The number of anilines is 2. The van der Waals surface area contributed by atoms with E-state index in [4.69, 9.17) is 11.0 Å². The highest BCUT2D eigenvalue weighted by atomic mass is 19.1. The minimum atomic E-state index is -0.510. The number of rotatable bonds is 3. The lowest BCUT2D eigenvalue weighted by molar-refractivity contribution is 0.100. The summed E-state index contributed by atoms with van der Waals surface area (Å²) in [4.78, 5) is 10.9. The molecule has 0 aliphatic carbocycles. The Labute approximate surface area is 109 Å². The molecule has 0 aromatic heterocycles. The van der Waals surface area contributed by atoms with Crippen LogP contribution in [0.15, 0.2) is 42.5 Å². The predicted molar refractivity (Wildman–Crippen MR) is 69.4 cm³/mol. The number of benzene rings is 2. The highest BCUT2D eigenvalue weighted by molar-refractivity contribution is 5.93. The van der Waals surface area contributed by atoms with E-state index in [1.807, 2.05) is 6.07 Å². The van der Waals surface area contributed by atoms with E-state index < -0.39 is 11.7 Å². The third-order valence-corrected chi connectivity index (χ3v) is 2.48. The summed E-state index contributed by atoms with van der Waals surface area (Å²) in [6.45, 7) is 0. The van der Waals surface area contributed by atoms with Crippen molar-refractivity contribution < 1.29 is 9.18 Å². The molecular formula is C14H10FN3O. The van der Waals surface area contributed by atoms with Crippen molar-refractivity contribution in [2.75, 3.05) is 5.32 Å². The van der Waals surface area contributed by atoms with Gasteiger partial charge in [0.1, 0.15) is 5.82 Å². The Bertz CT molecular complexity index is 659. The number of carbonyl (C=O) groups is 1. The molecule has 0 aliphatic rings. The van der Waals surface area contributed by atoms with Crippen LogP contribution in [0.3, 0.4) is 0 Å². The molecule has 0 atom stereocenters. The van der Waals surface area contributed by atoms with Gasteiger partial charge in [0.15, 0.2) is 0 Å². The minimum absolute atomic E-state index is 0.233. The van der Waals surface area contributed by atoms with Crippen LogP contribution in [0.25, 0.3) is 0 Å². The van der Waals surface area contributed by atoms with Gasteiger partial charge in [-0.15, -0.1) is 0 Å². The van der Waals surface area contributed by atoms with E-state index in [1.165, 1.54) is 12.1 Å². The third-order valence-electron chi connectivity index (χ3n) is 2.48. The summed E-state index contributed by atoms with van der Waals surface area (Å²) in [6.07, 6.45) is 0. The molecule has 0 saturated carbocycles. The summed E-state index contributed by atoms with van der Waals surface area (Å²) in [7, 11) is 0. The molecule has 0 aliphatic heterocycles. The van der Waals surface area contributed by atoms with E-state index in [9.17, 15) is 9.18 Å². The highest BCUT2D eigenvalue weighted by Crippen LogP contribution is 2.19. The number of nitriles is 1. The molecule has 1 amide bonds. The van der Waals surface area contributed by atoms with Crippen LogP contribution < -0.4 is 11.1 Å². The molecule has 2 aromatic rings. The van der Waals surface area contributed by atoms with Crippen LogP contribution in [0, 0.1) is 17.1 Å². The van der Waals surface area contributed by atoms with Gasteiger partial charge in [0, 0.05) is 16.9 Å². The molecule has 19 heavy (non-hydrogen) atoms. The van der Waals surface area contributed by atoms with Crippen molar-refractivity contribution in [1.82, 2.24) is 0 Å². The average molecular weight is 255 g/mol. The molecule has 94 valence electrons. The molecule has 0 fully saturated rings. The number of hydrogen-bond acceptors (Lipinski definition) is 3. The van der Waals surface area contributed by atoms with Crippen LogP contribution in [-0.4, -0.2) is 5.91 Å². The third kappa shape index (κ3) is 3.07. The molecule has 0 unspecified atom stereocenters. The van der Waals surface area contributed by atoms with Gasteiger partial charge in [-0.25, -0.2) is 4.39 Å². The summed E-state index contributed by atoms with van der Waals surface area (Å²) >= 11 is 0. The van der Waals surface area contributed by atoms with Gasteiger partial charge in [0.05, 0.1) is 11.6 Å². The first-order chi connectivity index (χ1) is 9.08. The maximum Gasteiger partial charge on any atom is 0.248 e. The maximum atomic E-state index is 13.2. The van der Waals surface area contributed by atoms with Gasteiger partial charge in [-0.05, 0) is 42.5 Å². The first kappa shape index (κ1) is 12.6. The number of carbonyl (C=O) groups excluding carboxylic acids is 1. The second-order valence-corrected chi connectivity index (χ2v) is 3.91. The summed E-state index contributed by atoms with van der Waals surface area (Å²) < 4.78 is 13.2. The monoisotopic (exact) mass is 255 g/mol. The number of halogens is 1. The topological polar surface area (TPSA) is 78.9 Å². The zero-order valence-electron chi connectivity index (χ0n) is 9.85.